The van der Waals surface area contributed by atoms with Gasteiger partial charge in [0, 0.05) is 25.7 Å². The number of anilines is 4. The first kappa shape index (κ1) is 18.0. The first-order chi connectivity index (χ1) is 13.3. The zero-order chi connectivity index (χ0) is 18.5. The number of para-hydroxylation sites is 2. The summed E-state index contributed by atoms with van der Waals surface area (Å²) in [7, 11) is 0. The van der Waals surface area contributed by atoms with Crippen LogP contribution >= 0.6 is 0 Å². The minimum Gasteiger partial charge on any atom is -0.378 e. The lowest BCUT2D eigenvalue weighted by molar-refractivity contribution is 0.123. The highest BCUT2D eigenvalue weighted by Gasteiger charge is 2.23. The van der Waals surface area contributed by atoms with Gasteiger partial charge >= 0.3 is 0 Å². The van der Waals surface area contributed by atoms with E-state index in [2.05, 4.69) is 50.4 Å². The zero-order valence-electron chi connectivity index (χ0n) is 16.0. The van der Waals surface area contributed by atoms with Gasteiger partial charge < -0.3 is 19.9 Å². The van der Waals surface area contributed by atoms with Gasteiger partial charge in [-0.2, -0.15) is 10.1 Å². The quantitative estimate of drug-likeness (QED) is 0.869. The van der Waals surface area contributed by atoms with Crippen LogP contribution in [0, 0.1) is 0 Å². The predicted molar refractivity (Wildman–Crippen MR) is 108 cm³/mol. The van der Waals surface area contributed by atoms with Gasteiger partial charge in [0.05, 0.1) is 30.8 Å². The summed E-state index contributed by atoms with van der Waals surface area (Å²) in [5, 5.41) is 11.8. The van der Waals surface area contributed by atoms with Crippen molar-refractivity contribution in [1.82, 2.24) is 15.2 Å². The van der Waals surface area contributed by atoms with E-state index < -0.39 is 0 Å². The largest absolute Gasteiger partial charge is 0.378 e. The van der Waals surface area contributed by atoms with Crippen molar-refractivity contribution in [3.8, 4) is 0 Å². The van der Waals surface area contributed by atoms with Crippen LogP contribution in [-0.4, -0.2) is 54.1 Å². The lowest BCUT2D eigenvalue weighted by atomic mass is 10.0. The Labute approximate surface area is 160 Å². The van der Waals surface area contributed by atoms with Gasteiger partial charge in [-0.15, -0.1) is 5.10 Å². The topological polar surface area (TPSA) is 66.4 Å². The van der Waals surface area contributed by atoms with Gasteiger partial charge in [0.2, 0.25) is 5.95 Å². The number of aromatic nitrogens is 3. The first-order valence-electron chi connectivity index (χ1n) is 10.0. The number of benzene rings is 1. The van der Waals surface area contributed by atoms with E-state index in [9.17, 15) is 0 Å². The summed E-state index contributed by atoms with van der Waals surface area (Å²) in [4.78, 5) is 9.49. The van der Waals surface area contributed by atoms with E-state index in [1.807, 2.05) is 6.07 Å². The maximum Gasteiger partial charge on any atom is 0.249 e. The van der Waals surface area contributed by atoms with Crippen molar-refractivity contribution in [3.63, 3.8) is 0 Å². The summed E-state index contributed by atoms with van der Waals surface area (Å²) in [5.41, 5.74) is 2.16. The Morgan fingerprint density at radius 2 is 2.00 bits per heavy atom. The maximum absolute atomic E-state index is 5.48. The minimum atomic E-state index is 0.545. The molecule has 2 aliphatic heterocycles. The summed E-state index contributed by atoms with van der Waals surface area (Å²) < 4.78 is 5.48. The smallest absolute Gasteiger partial charge is 0.249 e. The van der Waals surface area contributed by atoms with Gasteiger partial charge in [-0.05, 0) is 37.8 Å². The van der Waals surface area contributed by atoms with Gasteiger partial charge in [0.1, 0.15) is 0 Å². The van der Waals surface area contributed by atoms with Gasteiger partial charge in [0.15, 0.2) is 5.82 Å². The summed E-state index contributed by atoms with van der Waals surface area (Å²) in [6, 6.07) is 8.83. The van der Waals surface area contributed by atoms with Crippen LogP contribution in [-0.2, 0) is 4.74 Å². The van der Waals surface area contributed by atoms with E-state index in [0.717, 1.165) is 56.5 Å². The van der Waals surface area contributed by atoms with E-state index >= 15 is 0 Å². The number of hydrogen-bond donors (Lipinski definition) is 1. The first-order valence-corrected chi connectivity index (χ1v) is 10.0. The van der Waals surface area contributed by atoms with Crippen LogP contribution in [0.25, 0.3) is 0 Å². The van der Waals surface area contributed by atoms with Crippen molar-refractivity contribution in [2.24, 2.45) is 0 Å². The number of piperidine rings is 1. The molecule has 2 aliphatic rings. The Kier molecular flexibility index (Phi) is 5.67. The van der Waals surface area contributed by atoms with Crippen molar-refractivity contribution in [3.05, 3.63) is 30.5 Å². The minimum absolute atomic E-state index is 0.545. The fourth-order valence-electron chi connectivity index (χ4n) is 3.99. The van der Waals surface area contributed by atoms with Crippen LogP contribution in [0.5, 0.6) is 0 Å². The fraction of sp³-hybridized carbons (Fsp3) is 0.550. The molecule has 4 rings (SSSR count). The van der Waals surface area contributed by atoms with Crippen molar-refractivity contribution in [2.75, 3.05) is 48.0 Å². The molecule has 1 aromatic carbocycles. The molecule has 2 aromatic rings. The second-order valence-electron chi connectivity index (χ2n) is 7.13. The van der Waals surface area contributed by atoms with E-state index in [0.29, 0.717) is 12.0 Å². The molecular formula is C20H28N6O. The lowest BCUT2D eigenvalue weighted by Crippen LogP contribution is -2.39. The third-order valence-corrected chi connectivity index (χ3v) is 5.44. The van der Waals surface area contributed by atoms with Crippen LogP contribution in [0.2, 0.25) is 0 Å². The second-order valence-corrected chi connectivity index (χ2v) is 7.13. The number of ether oxygens (including phenoxy) is 1. The average Bonchev–Trinajstić information content (AvgIpc) is 2.75. The summed E-state index contributed by atoms with van der Waals surface area (Å²) in [5.74, 6) is 1.47. The van der Waals surface area contributed by atoms with E-state index in [-0.39, 0.29) is 0 Å². The molecule has 2 saturated heterocycles. The highest BCUT2D eigenvalue weighted by Crippen LogP contribution is 2.29. The fourth-order valence-corrected chi connectivity index (χ4v) is 3.99. The van der Waals surface area contributed by atoms with E-state index in [4.69, 9.17) is 9.72 Å². The zero-order valence-corrected chi connectivity index (χ0v) is 16.0. The molecule has 27 heavy (non-hydrogen) atoms. The van der Waals surface area contributed by atoms with Gasteiger partial charge in [0.25, 0.3) is 0 Å². The number of nitrogens with one attached hydrogen (secondary N) is 1. The van der Waals surface area contributed by atoms with Crippen LogP contribution in [0.1, 0.15) is 32.6 Å². The molecule has 0 radical (unpaired) electrons. The Morgan fingerprint density at radius 1 is 1.15 bits per heavy atom. The van der Waals surface area contributed by atoms with Gasteiger partial charge in [-0.25, -0.2) is 0 Å². The molecule has 0 spiro atoms. The average molecular weight is 368 g/mol. The van der Waals surface area contributed by atoms with Crippen LogP contribution in [0.3, 0.4) is 0 Å². The summed E-state index contributed by atoms with van der Waals surface area (Å²) in [6.07, 6.45) is 6.65. The molecule has 7 heteroatoms. The van der Waals surface area contributed by atoms with Crippen molar-refractivity contribution < 1.29 is 4.74 Å². The van der Waals surface area contributed by atoms with Crippen molar-refractivity contribution in [2.45, 2.75) is 38.6 Å². The predicted octanol–water partition coefficient (Wildman–Crippen LogP) is 3.22. The van der Waals surface area contributed by atoms with E-state index in [1.165, 1.54) is 19.3 Å². The highest BCUT2D eigenvalue weighted by atomic mass is 16.5. The van der Waals surface area contributed by atoms with Crippen LogP contribution < -0.4 is 15.1 Å². The van der Waals surface area contributed by atoms with Crippen LogP contribution in [0.4, 0.5) is 23.1 Å². The Morgan fingerprint density at radius 3 is 2.85 bits per heavy atom. The SMILES string of the molecule is CCC1CCCCN1c1cnnc(Nc2ccccc2N2CCOCC2)n1. The Balaban J connectivity index is 1.55. The number of nitrogens with zero attached hydrogens (tertiary/aromatic N) is 5. The molecule has 2 fully saturated rings. The molecule has 1 atom stereocenters. The van der Waals surface area contributed by atoms with Crippen LogP contribution in [0.15, 0.2) is 30.5 Å². The van der Waals surface area contributed by atoms with Crippen molar-refractivity contribution in [1.29, 1.82) is 0 Å². The van der Waals surface area contributed by atoms with Crippen molar-refractivity contribution >= 4 is 23.1 Å². The molecular weight excluding hydrogens is 340 g/mol. The summed E-state index contributed by atoms with van der Waals surface area (Å²) in [6.45, 7) is 6.59. The maximum atomic E-state index is 5.48. The van der Waals surface area contributed by atoms with Gasteiger partial charge in [-0.1, -0.05) is 19.1 Å². The molecule has 0 aliphatic carbocycles. The highest BCUT2D eigenvalue weighted by molar-refractivity contribution is 5.73. The number of morpholine rings is 1. The summed E-state index contributed by atoms with van der Waals surface area (Å²) >= 11 is 0. The number of rotatable bonds is 5. The third kappa shape index (κ3) is 4.13. The Hall–Kier alpha value is -2.41. The normalized spacial score (nSPS) is 20.6. The molecule has 1 unspecified atom stereocenters. The molecule has 0 bridgehead atoms. The molecule has 0 amide bonds. The second kappa shape index (κ2) is 8.52. The third-order valence-electron chi connectivity index (χ3n) is 5.44. The Bertz CT molecular complexity index is 749. The molecule has 3 heterocycles. The number of hydrogen-bond acceptors (Lipinski definition) is 7. The molecule has 1 N–H and O–H groups in total. The lowest BCUT2D eigenvalue weighted by Gasteiger charge is -2.36. The molecule has 0 saturated carbocycles. The molecule has 1 aromatic heterocycles. The monoisotopic (exact) mass is 368 g/mol. The van der Waals surface area contributed by atoms with E-state index in [1.54, 1.807) is 6.20 Å². The molecule has 144 valence electrons. The standard InChI is InChI=1S/C20H28N6O/c1-2-16-7-5-6-10-26(16)19-15-21-24-20(23-19)22-17-8-3-4-9-18(17)25-11-13-27-14-12-25/h3-4,8-9,15-16H,2,5-7,10-14H2,1H3,(H,22,23,24). The van der Waals surface area contributed by atoms with Gasteiger partial charge in [-0.3, -0.25) is 0 Å². The molecule has 7 nitrogen and oxygen atoms in total.